The van der Waals surface area contributed by atoms with Crippen LogP contribution in [0.25, 0.3) is 16.7 Å². The van der Waals surface area contributed by atoms with Gasteiger partial charge in [0, 0.05) is 42.1 Å². The minimum absolute atomic E-state index is 0.123. The number of nitrogens with zero attached hydrogens (tertiary/aromatic N) is 4. The summed E-state index contributed by atoms with van der Waals surface area (Å²) >= 11 is 0. The third-order valence-electron chi connectivity index (χ3n) is 6.01. The molecule has 1 saturated heterocycles. The predicted molar refractivity (Wildman–Crippen MR) is 130 cm³/mol. The second kappa shape index (κ2) is 8.46. The molecule has 0 amide bonds. The van der Waals surface area contributed by atoms with Gasteiger partial charge in [-0.25, -0.2) is 4.98 Å². The molecule has 0 radical (unpaired) electrons. The third kappa shape index (κ3) is 4.08. The van der Waals surface area contributed by atoms with Gasteiger partial charge in [0.15, 0.2) is 5.65 Å². The maximum absolute atomic E-state index is 12.6. The Bertz CT molecular complexity index is 1270. The van der Waals surface area contributed by atoms with E-state index in [1.165, 1.54) is 12.1 Å². The van der Waals surface area contributed by atoms with Crippen molar-refractivity contribution in [3.63, 3.8) is 0 Å². The summed E-state index contributed by atoms with van der Waals surface area (Å²) in [4.78, 5) is 24.2. The fraction of sp³-hybridized carbons (Fsp3) is 0.269. The highest BCUT2D eigenvalue weighted by Crippen LogP contribution is 2.27. The Labute approximate surface area is 187 Å². The van der Waals surface area contributed by atoms with Crippen molar-refractivity contribution in [1.29, 1.82) is 0 Å². The third-order valence-corrected chi connectivity index (χ3v) is 6.01. The lowest BCUT2D eigenvalue weighted by molar-refractivity contribution is 0.357. The van der Waals surface area contributed by atoms with Crippen LogP contribution < -0.4 is 15.8 Å². The average Bonchev–Trinajstić information content (AvgIpc) is 2.79. The van der Waals surface area contributed by atoms with Gasteiger partial charge in [-0.15, -0.1) is 0 Å². The van der Waals surface area contributed by atoms with Crippen LogP contribution in [-0.2, 0) is 0 Å². The highest BCUT2D eigenvalue weighted by Gasteiger charge is 2.21. The molecule has 0 bridgehead atoms. The number of anilines is 3. The number of pyridine rings is 1. The summed E-state index contributed by atoms with van der Waals surface area (Å²) in [7, 11) is 0. The number of aromatic nitrogens is 3. The molecular weight excluding hydrogens is 398 g/mol. The van der Waals surface area contributed by atoms with E-state index in [2.05, 4.69) is 58.3 Å². The van der Waals surface area contributed by atoms with Crippen LogP contribution in [0.15, 0.2) is 77.7 Å². The molecule has 162 valence electrons. The van der Waals surface area contributed by atoms with Gasteiger partial charge >= 0.3 is 0 Å². The smallest absolute Gasteiger partial charge is 0.256 e. The van der Waals surface area contributed by atoms with Crippen molar-refractivity contribution in [2.75, 3.05) is 23.3 Å². The van der Waals surface area contributed by atoms with Crippen LogP contribution in [0, 0.1) is 11.8 Å². The van der Waals surface area contributed by atoms with E-state index in [9.17, 15) is 4.79 Å². The van der Waals surface area contributed by atoms with Crippen LogP contribution >= 0.6 is 0 Å². The summed E-state index contributed by atoms with van der Waals surface area (Å²) in [5, 5.41) is 4.09. The molecule has 2 aromatic carbocycles. The molecule has 6 nitrogen and oxygen atoms in total. The second-order valence-corrected chi connectivity index (χ2v) is 8.84. The molecule has 2 aromatic heterocycles. The molecule has 0 aliphatic carbocycles. The molecule has 1 aliphatic heterocycles. The number of nitrogens with one attached hydrogen (secondary N) is 1. The molecule has 6 heteroatoms. The summed E-state index contributed by atoms with van der Waals surface area (Å²) < 4.78 is 1.62. The molecule has 4 aromatic rings. The quantitative estimate of drug-likeness (QED) is 0.498. The van der Waals surface area contributed by atoms with Gasteiger partial charge in [-0.1, -0.05) is 32.0 Å². The number of hydrogen-bond acceptors (Lipinski definition) is 5. The zero-order valence-electron chi connectivity index (χ0n) is 18.4. The van der Waals surface area contributed by atoms with E-state index in [4.69, 9.17) is 0 Å². The summed E-state index contributed by atoms with van der Waals surface area (Å²) in [6.45, 7) is 6.85. The zero-order chi connectivity index (χ0) is 22.1. The maximum Gasteiger partial charge on any atom is 0.256 e. The average molecular weight is 426 g/mol. The van der Waals surface area contributed by atoms with E-state index < -0.39 is 0 Å². The first kappa shape index (κ1) is 20.2. The largest absolute Gasteiger partial charge is 0.371 e. The fourth-order valence-electron chi connectivity index (χ4n) is 4.66. The number of para-hydroxylation sites is 1. The fourth-order valence-corrected chi connectivity index (χ4v) is 4.66. The van der Waals surface area contributed by atoms with Gasteiger partial charge in [0.2, 0.25) is 5.95 Å². The van der Waals surface area contributed by atoms with Gasteiger partial charge in [0.25, 0.3) is 5.56 Å². The Kier molecular flexibility index (Phi) is 5.35. The van der Waals surface area contributed by atoms with E-state index in [-0.39, 0.29) is 5.56 Å². The van der Waals surface area contributed by atoms with Crippen LogP contribution in [0.2, 0.25) is 0 Å². The van der Waals surface area contributed by atoms with Crippen molar-refractivity contribution in [3.8, 4) is 5.69 Å². The standard InChI is InChI=1S/C26H27N5O/c1-18-14-19(2)17-30(16-18)22-11-9-21(10-12-22)28-26-27-15-20-8-13-24(32)31(25(20)29-26)23-6-4-3-5-7-23/h3-13,15,18-19H,14,16-17H2,1-2H3,(H,27,28,29). The van der Waals surface area contributed by atoms with E-state index >= 15 is 0 Å². The van der Waals surface area contributed by atoms with Crippen LogP contribution in [-0.4, -0.2) is 27.6 Å². The van der Waals surface area contributed by atoms with Crippen molar-refractivity contribution < 1.29 is 0 Å². The van der Waals surface area contributed by atoms with Crippen LogP contribution in [0.4, 0.5) is 17.3 Å². The van der Waals surface area contributed by atoms with Crippen LogP contribution in [0.5, 0.6) is 0 Å². The number of fused-ring (bicyclic) bond motifs is 1. The Balaban J connectivity index is 1.43. The van der Waals surface area contributed by atoms with E-state index in [0.717, 1.165) is 29.9 Å². The van der Waals surface area contributed by atoms with Gasteiger partial charge in [0.1, 0.15) is 0 Å². The Morgan fingerprint density at radius 1 is 0.875 bits per heavy atom. The van der Waals surface area contributed by atoms with Crippen molar-refractivity contribution in [1.82, 2.24) is 14.5 Å². The van der Waals surface area contributed by atoms with E-state index in [0.29, 0.717) is 23.4 Å². The molecule has 5 rings (SSSR count). The van der Waals surface area contributed by atoms with Crippen LogP contribution in [0.3, 0.4) is 0 Å². The Morgan fingerprint density at radius 3 is 2.31 bits per heavy atom. The summed E-state index contributed by atoms with van der Waals surface area (Å²) in [6.07, 6.45) is 3.04. The minimum atomic E-state index is -0.123. The predicted octanol–water partition coefficient (Wildman–Crippen LogP) is 5.01. The molecule has 0 spiro atoms. The molecule has 0 saturated carbocycles. The molecule has 2 atom stereocenters. The van der Waals surface area contributed by atoms with Gasteiger partial charge in [-0.3, -0.25) is 9.36 Å². The molecule has 3 heterocycles. The molecule has 1 aliphatic rings. The SMILES string of the molecule is CC1CC(C)CN(c2ccc(Nc3ncc4ccc(=O)n(-c5ccccc5)c4n3)cc2)C1. The Morgan fingerprint density at radius 2 is 1.59 bits per heavy atom. The summed E-state index contributed by atoms with van der Waals surface area (Å²) in [5.41, 5.74) is 3.39. The molecule has 1 fully saturated rings. The maximum atomic E-state index is 12.6. The van der Waals surface area contributed by atoms with Crippen molar-refractivity contribution in [2.24, 2.45) is 11.8 Å². The normalized spacial score (nSPS) is 18.6. The van der Waals surface area contributed by atoms with Gasteiger partial charge in [-0.05, 0) is 60.7 Å². The minimum Gasteiger partial charge on any atom is -0.371 e. The lowest BCUT2D eigenvalue weighted by atomic mass is 9.91. The molecular formula is C26H27N5O. The number of benzene rings is 2. The zero-order valence-corrected chi connectivity index (χ0v) is 18.4. The van der Waals surface area contributed by atoms with Crippen molar-refractivity contribution in [2.45, 2.75) is 20.3 Å². The topological polar surface area (TPSA) is 63.1 Å². The monoisotopic (exact) mass is 425 g/mol. The molecule has 1 N–H and O–H groups in total. The number of hydrogen-bond donors (Lipinski definition) is 1. The lowest BCUT2D eigenvalue weighted by Gasteiger charge is -2.36. The summed E-state index contributed by atoms with van der Waals surface area (Å²) in [6, 6.07) is 21.3. The first-order valence-electron chi connectivity index (χ1n) is 11.1. The van der Waals surface area contributed by atoms with Crippen molar-refractivity contribution in [3.05, 3.63) is 83.3 Å². The highest BCUT2D eigenvalue weighted by atomic mass is 16.1. The van der Waals surface area contributed by atoms with Gasteiger partial charge in [0.05, 0.1) is 5.69 Å². The highest BCUT2D eigenvalue weighted by molar-refractivity contribution is 5.77. The van der Waals surface area contributed by atoms with E-state index in [1.54, 1.807) is 22.9 Å². The molecule has 2 unspecified atom stereocenters. The molecule has 32 heavy (non-hydrogen) atoms. The van der Waals surface area contributed by atoms with E-state index in [1.807, 2.05) is 30.3 Å². The summed E-state index contributed by atoms with van der Waals surface area (Å²) in [5.74, 6) is 1.88. The number of piperidine rings is 1. The van der Waals surface area contributed by atoms with Crippen LogP contribution in [0.1, 0.15) is 20.3 Å². The van der Waals surface area contributed by atoms with Gasteiger partial charge < -0.3 is 10.2 Å². The number of rotatable bonds is 4. The van der Waals surface area contributed by atoms with Gasteiger partial charge in [-0.2, -0.15) is 4.98 Å². The second-order valence-electron chi connectivity index (χ2n) is 8.84. The Hall–Kier alpha value is -3.67. The lowest BCUT2D eigenvalue weighted by Crippen LogP contribution is -2.38. The first-order valence-corrected chi connectivity index (χ1v) is 11.1. The van der Waals surface area contributed by atoms with Crippen molar-refractivity contribution >= 4 is 28.4 Å². The first-order chi connectivity index (χ1) is 15.6.